The highest BCUT2D eigenvalue weighted by molar-refractivity contribution is 9.10. The Labute approximate surface area is 109 Å². The van der Waals surface area contributed by atoms with Gasteiger partial charge in [-0.2, -0.15) is 0 Å². The third-order valence-electron chi connectivity index (χ3n) is 3.39. The lowest BCUT2D eigenvalue weighted by atomic mass is 10.2. The van der Waals surface area contributed by atoms with Gasteiger partial charge in [-0.15, -0.1) is 0 Å². The van der Waals surface area contributed by atoms with Crippen LogP contribution in [0.15, 0.2) is 29.0 Å². The number of pyridine rings is 1. The number of imidazole rings is 1. The van der Waals surface area contributed by atoms with Crippen molar-refractivity contribution in [2.75, 3.05) is 0 Å². The van der Waals surface area contributed by atoms with Gasteiger partial charge in [0.1, 0.15) is 5.65 Å². The van der Waals surface area contributed by atoms with Crippen molar-refractivity contribution >= 4 is 21.6 Å². The fourth-order valence-corrected chi connectivity index (χ4v) is 2.83. The van der Waals surface area contributed by atoms with Gasteiger partial charge in [0.2, 0.25) is 0 Å². The van der Waals surface area contributed by atoms with E-state index in [0.717, 1.165) is 22.4 Å². The minimum absolute atomic E-state index is 0.701. The van der Waals surface area contributed by atoms with E-state index < -0.39 is 0 Å². The molecule has 0 aromatic carbocycles. The molecule has 3 rings (SSSR count). The second kappa shape index (κ2) is 4.78. The maximum Gasteiger partial charge on any atom is 0.137 e. The molecule has 0 spiro atoms. The van der Waals surface area contributed by atoms with Gasteiger partial charge in [-0.05, 0) is 40.9 Å². The van der Waals surface area contributed by atoms with Crippen LogP contribution in [0.2, 0.25) is 0 Å². The normalized spacial score (nSPS) is 17.0. The average molecular weight is 294 g/mol. The van der Waals surface area contributed by atoms with Gasteiger partial charge in [0.25, 0.3) is 0 Å². The van der Waals surface area contributed by atoms with Gasteiger partial charge in [0.15, 0.2) is 0 Å². The summed E-state index contributed by atoms with van der Waals surface area (Å²) in [5.41, 5.74) is 2.13. The number of aromatic nitrogens is 2. The molecule has 0 unspecified atom stereocenters. The third-order valence-corrected chi connectivity index (χ3v) is 3.86. The Morgan fingerprint density at radius 2 is 2.12 bits per heavy atom. The Bertz CT molecular complexity index is 514. The molecule has 0 atom stereocenters. The van der Waals surface area contributed by atoms with E-state index in [1.807, 2.05) is 18.3 Å². The molecule has 2 aromatic heterocycles. The molecule has 1 aliphatic rings. The highest BCUT2D eigenvalue weighted by Gasteiger charge is 2.14. The SMILES string of the molecule is Brc1ccc2nc(CNC3CCCC3)cn2c1. The fourth-order valence-electron chi connectivity index (χ4n) is 2.48. The second-order valence-electron chi connectivity index (χ2n) is 4.71. The van der Waals surface area contributed by atoms with Crippen LogP contribution in [-0.4, -0.2) is 15.4 Å². The maximum atomic E-state index is 4.59. The van der Waals surface area contributed by atoms with E-state index >= 15 is 0 Å². The molecule has 1 saturated carbocycles. The van der Waals surface area contributed by atoms with Crippen LogP contribution in [0.5, 0.6) is 0 Å². The van der Waals surface area contributed by atoms with Crippen molar-refractivity contribution in [3.8, 4) is 0 Å². The molecule has 90 valence electrons. The molecule has 3 nitrogen and oxygen atoms in total. The molecular weight excluding hydrogens is 278 g/mol. The molecule has 4 heteroatoms. The monoisotopic (exact) mass is 293 g/mol. The highest BCUT2D eigenvalue weighted by Crippen LogP contribution is 2.18. The van der Waals surface area contributed by atoms with Crippen LogP contribution in [0.4, 0.5) is 0 Å². The van der Waals surface area contributed by atoms with E-state index in [0.29, 0.717) is 6.04 Å². The smallest absolute Gasteiger partial charge is 0.137 e. The summed E-state index contributed by atoms with van der Waals surface area (Å²) in [6.45, 7) is 0.879. The van der Waals surface area contributed by atoms with E-state index in [9.17, 15) is 0 Å². The van der Waals surface area contributed by atoms with Gasteiger partial charge in [-0.25, -0.2) is 4.98 Å². The standard InChI is InChI=1S/C13H16BrN3/c14-10-5-6-13-16-12(9-17(13)8-10)7-15-11-3-1-2-4-11/h5-6,8-9,11,15H,1-4,7H2. The Hall–Kier alpha value is -0.870. The van der Waals surface area contributed by atoms with Crippen molar-refractivity contribution in [2.45, 2.75) is 38.3 Å². The van der Waals surface area contributed by atoms with E-state index in [-0.39, 0.29) is 0 Å². The summed E-state index contributed by atoms with van der Waals surface area (Å²) >= 11 is 3.47. The number of halogens is 1. The van der Waals surface area contributed by atoms with Crippen molar-refractivity contribution in [1.82, 2.24) is 14.7 Å². The van der Waals surface area contributed by atoms with Crippen molar-refractivity contribution in [1.29, 1.82) is 0 Å². The van der Waals surface area contributed by atoms with E-state index in [1.54, 1.807) is 0 Å². The van der Waals surface area contributed by atoms with Crippen LogP contribution in [0.1, 0.15) is 31.4 Å². The first kappa shape index (κ1) is 11.2. The zero-order chi connectivity index (χ0) is 11.7. The van der Waals surface area contributed by atoms with E-state index in [2.05, 4.69) is 36.8 Å². The Kier molecular flexibility index (Phi) is 3.16. The lowest BCUT2D eigenvalue weighted by Crippen LogP contribution is -2.25. The lowest BCUT2D eigenvalue weighted by molar-refractivity contribution is 0.520. The number of rotatable bonds is 3. The zero-order valence-electron chi connectivity index (χ0n) is 9.69. The predicted octanol–water partition coefficient (Wildman–Crippen LogP) is 3.13. The van der Waals surface area contributed by atoms with Gasteiger partial charge in [-0.1, -0.05) is 12.8 Å². The quantitative estimate of drug-likeness (QED) is 0.942. The minimum Gasteiger partial charge on any atom is -0.308 e. The van der Waals surface area contributed by atoms with Crippen LogP contribution in [0, 0.1) is 0 Å². The topological polar surface area (TPSA) is 29.3 Å². The van der Waals surface area contributed by atoms with E-state index in [1.165, 1.54) is 25.7 Å². The summed E-state index contributed by atoms with van der Waals surface area (Å²) < 4.78 is 3.15. The summed E-state index contributed by atoms with van der Waals surface area (Å²) in [6, 6.07) is 4.76. The van der Waals surface area contributed by atoms with E-state index in [4.69, 9.17) is 0 Å². The zero-order valence-corrected chi connectivity index (χ0v) is 11.3. The Balaban J connectivity index is 1.72. The molecule has 1 N–H and O–H groups in total. The fraction of sp³-hybridized carbons (Fsp3) is 0.462. The number of nitrogens with zero attached hydrogens (tertiary/aromatic N) is 2. The molecule has 0 bridgehead atoms. The third kappa shape index (κ3) is 2.53. The van der Waals surface area contributed by atoms with Crippen molar-refractivity contribution in [3.05, 3.63) is 34.7 Å². The molecule has 0 amide bonds. The summed E-state index contributed by atoms with van der Waals surface area (Å²) in [7, 11) is 0. The van der Waals surface area contributed by atoms with Crippen molar-refractivity contribution in [2.24, 2.45) is 0 Å². The largest absolute Gasteiger partial charge is 0.308 e. The molecule has 2 heterocycles. The predicted molar refractivity (Wildman–Crippen MR) is 72.0 cm³/mol. The number of hydrogen-bond donors (Lipinski definition) is 1. The molecule has 17 heavy (non-hydrogen) atoms. The highest BCUT2D eigenvalue weighted by atomic mass is 79.9. The number of hydrogen-bond acceptors (Lipinski definition) is 2. The maximum absolute atomic E-state index is 4.59. The summed E-state index contributed by atoms with van der Waals surface area (Å²) in [6.07, 6.45) is 9.52. The number of nitrogens with one attached hydrogen (secondary N) is 1. The first-order valence-corrected chi connectivity index (χ1v) is 6.97. The van der Waals surface area contributed by atoms with Crippen molar-refractivity contribution in [3.63, 3.8) is 0 Å². The van der Waals surface area contributed by atoms with Gasteiger partial charge >= 0.3 is 0 Å². The molecule has 0 aliphatic heterocycles. The van der Waals surface area contributed by atoms with Crippen LogP contribution in [0.25, 0.3) is 5.65 Å². The summed E-state index contributed by atoms with van der Waals surface area (Å²) in [5, 5.41) is 3.59. The summed E-state index contributed by atoms with van der Waals surface area (Å²) in [4.78, 5) is 4.59. The van der Waals surface area contributed by atoms with Crippen LogP contribution < -0.4 is 5.32 Å². The van der Waals surface area contributed by atoms with Gasteiger partial charge in [0.05, 0.1) is 5.69 Å². The Morgan fingerprint density at radius 3 is 2.94 bits per heavy atom. The average Bonchev–Trinajstić information content (AvgIpc) is 2.94. The number of fused-ring (bicyclic) bond motifs is 1. The van der Waals surface area contributed by atoms with Crippen LogP contribution in [0.3, 0.4) is 0 Å². The molecule has 1 fully saturated rings. The first-order valence-electron chi connectivity index (χ1n) is 6.18. The molecular formula is C13H16BrN3. The summed E-state index contributed by atoms with van der Waals surface area (Å²) in [5.74, 6) is 0. The first-order chi connectivity index (χ1) is 8.31. The molecule has 0 radical (unpaired) electrons. The van der Waals surface area contributed by atoms with Crippen molar-refractivity contribution < 1.29 is 0 Å². The lowest BCUT2D eigenvalue weighted by Gasteiger charge is -2.09. The van der Waals surface area contributed by atoms with Crippen LogP contribution >= 0.6 is 15.9 Å². The van der Waals surface area contributed by atoms with Gasteiger partial charge in [0, 0.05) is 29.5 Å². The molecule has 1 aliphatic carbocycles. The van der Waals surface area contributed by atoms with Crippen LogP contribution in [-0.2, 0) is 6.54 Å². The minimum atomic E-state index is 0.701. The Morgan fingerprint density at radius 1 is 1.29 bits per heavy atom. The molecule has 0 saturated heterocycles. The second-order valence-corrected chi connectivity index (χ2v) is 5.62. The van der Waals surface area contributed by atoms with Gasteiger partial charge in [-0.3, -0.25) is 0 Å². The molecule has 2 aromatic rings. The van der Waals surface area contributed by atoms with Gasteiger partial charge < -0.3 is 9.72 Å².